The van der Waals surface area contributed by atoms with Gasteiger partial charge in [-0.3, -0.25) is 4.79 Å². The molecule has 1 unspecified atom stereocenters. The van der Waals surface area contributed by atoms with Gasteiger partial charge < -0.3 is 9.16 Å². The van der Waals surface area contributed by atoms with E-state index in [1.54, 1.807) is 0 Å². The lowest BCUT2D eigenvalue weighted by Crippen LogP contribution is -2.29. The van der Waals surface area contributed by atoms with Crippen molar-refractivity contribution >= 4 is 14.1 Å². The van der Waals surface area contributed by atoms with Crippen LogP contribution in [0.15, 0.2) is 48.5 Å². The first-order chi connectivity index (χ1) is 10.4. The van der Waals surface area contributed by atoms with E-state index in [1.807, 2.05) is 48.5 Å². The van der Waals surface area contributed by atoms with Crippen LogP contribution in [0.4, 0.5) is 0 Å². The number of rotatable bonds is 3. The summed E-state index contributed by atoms with van der Waals surface area (Å²) in [4.78, 5) is 12.2. The topological polar surface area (TPSA) is 35.5 Å². The maximum atomic E-state index is 12.2. The van der Waals surface area contributed by atoms with Crippen LogP contribution in [0, 0.1) is 0 Å². The quantitative estimate of drug-likeness (QED) is 0.777. The van der Waals surface area contributed by atoms with E-state index in [0.717, 1.165) is 11.3 Å². The van der Waals surface area contributed by atoms with Crippen molar-refractivity contribution in [2.45, 2.75) is 32.2 Å². The Labute approximate surface area is 132 Å². The third-order valence-electron chi connectivity index (χ3n) is 3.50. The van der Waals surface area contributed by atoms with Crippen LogP contribution < -0.4 is 9.16 Å². The first-order valence-corrected chi connectivity index (χ1v) is 10.9. The minimum Gasteiger partial charge on any atom is -0.544 e. The van der Waals surface area contributed by atoms with E-state index in [0.29, 0.717) is 17.7 Å². The number of benzene rings is 2. The standard InChI is InChI=1S/C18H20O3Si/c1-22(2,3)21-14-10-8-13(9-11-14)18-12-16(19)15-6-4-5-7-17(15)20-18/h4-11,18H,12H2,1-3H3. The minimum atomic E-state index is -1.60. The number of para-hydroxylation sites is 1. The van der Waals surface area contributed by atoms with Gasteiger partial charge >= 0.3 is 0 Å². The van der Waals surface area contributed by atoms with E-state index in [1.165, 1.54) is 0 Å². The van der Waals surface area contributed by atoms with Crippen molar-refractivity contribution in [3.63, 3.8) is 0 Å². The van der Waals surface area contributed by atoms with E-state index >= 15 is 0 Å². The SMILES string of the molecule is C[Si](C)(C)Oc1ccc(C2CC(=O)c3ccccc3O2)cc1. The fourth-order valence-electron chi connectivity index (χ4n) is 2.56. The van der Waals surface area contributed by atoms with Crippen molar-refractivity contribution in [2.75, 3.05) is 0 Å². The second kappa shape index (κ2) is 5.61. The Morgan fingerprint density at radius 1 is 1.05 bits per heavy atom. The number of hydrogen-bond acceptors (Lipinski definition) is 3. The second-order valence-corrected chi connectivity index (χ2v) is 10.9. The normalized spacial score (nSPS) is 17.6. The molecule has 2 aromatic carbocycles. The molecule has 1 aliphatic heterocycles. The molecule has 0 amide bonds. The summed E-state index contributed by atoms with van der Waals surface area (Å²) in [6.07, 6.45) is 0.161. The summed E-state index contributed by atoms with van der Waals surface area (Å²) < 4.78 is 11.9. The van der Waals surface area contributed by atoms with Gasteiger partial charge in [-0.25, -0.2) is 0 Å². The Morgan fingerprint density at radius 2 is 1.73 bits per heavy atom. The monoisotopic (exact) mass is 312 g/mol. The van der Waals surface area contributed by atoms with Crippen molar-refractivity contribution in [2.24, 2.45) is 0 Å². The number of fused-ring (bicyclic) bond motifs is 1. The van der Waals surface area contributed by atoms with Gasteiger partial charge in [0.2, 0.25) is 8.32 Å². The molecule has 1 aliphatic rings. The van der Waals surface area contributed by atoms with Gasteiger partial charge in [-0.05, 0) is 49.5 Å². The molecule has 0 radical (unpaired) electrons. The van der Waals surface area contributed by atoms with Gasteiger partial charge in [-0.15, -0.1) is 0 Å². The number of carbonyl (C=O) groups is 1. The maximum absolute atomic E-state index is 12.2. The van der Waals surface area contributed by atoms with Crippen molar-refractivity contribution in [3.05, 3.63) is 59.7 Å². The number of ether oxygens (including phenoxy) is 1. The first kappa shape index (κ1) is 14.8. The largest absolute Gasteiger partial charge is 0.544 e. The zero-order chi connectivity index (χ0) is 15.7. The number of hydrogen-bond donors (Lipinski definition) is 0. The predicted octanol–water partition coefficient (Wildman–Crippen LogP) is 4.61. The van der Waals surface area contributed by atoms with Crippen molar-refractivity contribution in [1.82, 2.24) is 0 Å². The van der Waals surface area contributed by atoms with E-state index in [-0.39, 0.29) is 11.9 Å². The van der Waals surface area contributed by atoms with Gasteiger partial charge in [0.15, 0.2) is 5.78 Å². The highest BCUT2D eigenvalue weighted by Gasteiger charge is 2.27. The molecule has 0 fully saturated rings. The van der Waals surface area contributed by atoms with Crippen LogP contribution in [-0.4, -0.2) is 14.1 Å². The van der Waals surface area contributed by atoms with Gasteiger partial charge in [0.1, 0.15) is 17.6 Å². The summed E-state index contributed by atoms with van der Waals surface area (Å²) in [6.45, 7) is 6.46. The molecule has 4 heteroatoms. The molecular weight excluding hydrogens is 292 g/mol. The molecule has 0 spiro atoms. The molecule has 0 aromatic heterocycles. The van der Waals surface area contributed by atoms with Crippen LogP contribution in [-0.2, 0) is 0 Å². The first-order valence-electron chi connectivity index (χ1n) is 7.50. The smallest absolute Gasteiger partial charge is 0.242 e. The van der Waals surface area contributed by atoms with Crippen LogP contribution in [0.2, 0.25) is 19.6 Å². The lowest BCUT2D eigenvalue weighted by atomic mass is 9.96. The molecule has 3 nitrogen and oxygen atoms in total. The van der Waals surface area contributed by atoms with E-state index < -0.39 is 8.32 Å². The Kier molecular flexibility index (Phi) is 3.79. The number of Topliss-reactive ketones (excluding diaryl/α,β-unsaturated/α-hetero) is 1. The molecule has 0 saturated carbocycles. The zero-order valence-electron chi connectivity index (χ0n) is 13.1. The summed E-state index contributed by atoms with van der Waals surface area (Å²) >= 11 is 0. The van der Waals surface area contributed by atoms with Gasteiger partial charge in [-0.2, -0.15) is 0 Å². The molecule has 0 saturated heterocycles. The van der Waals surface area contributed by atoms with Crippen LogP contribution in [0.25, 0.3) is 0 Å². The van der Waals surface area contributed by atoms with Crippen molar-refractivity contribution in [1.29, 1.82) is 0 Å². The molecule has 2 aromatic rings. The molecule has 0 aliphatic carbocycles. The van der Waals surface area contributed by atoms with Crippen LogP contribution in [0.3, 0.4) is 0 Å². The summed E-state index contributed by atoms with van der Waals surface area (Å²) in [5.41, 5.74) is 1.68. The number of carbonyl (C=O) groups excluding carboxylic acids is 1. The predicted molar refractivity (Wildman–Crippen MR) is 89.2 cm³/mol. The minimum absolute atomic E-state index is 0.134. The van der Waals surface area contributed by atoms with Crippen molar-refractivity contribution in [3.8, 4) is 11.5 Å². The van der Waals surface area contributed by atoms with E-state index in [9.17, 15) is 4.79 Å². The Morgan fingerprint density at radius 3 is 2.41 bits per heavy atom. The fraction of sp³-hybridized carbons (Fsp3) is 0.278. The summed E-state index contributed by atoms with van der Waals surface area (Å²) in [5.74, 6) is 1.69. The van der Waals surface area contributed by atoms with Gasteiger partial charge in [0.05, 0.1) is 12.0 Å². The fourth-order valence-corrected chi connectivity index (χ4v) is 3.41. The van der Waals surface area contributed by atoms with Crippen LogP contribution >= 0.6 is 0 Å². The van der Waals surface area contributed by atoms with E-state index in [4.69, 9.17) is 9.16 Å². The Balaban J connectivity index is 1.80. The summed E-state index contributed by atoms with van der Waals surface area (Å²) in [7, 11) is -1.60. The van der Waals surface area contributed by atoms with Crippen LogP contribution in [0.5, 0.6) is 11.5 Å². The Hall–Kier alpha value is -2.07. The highest BCUT2D eigenvalue weighted by Crippen LogP contribution is 2.35. The van der Waals surface area contributed by atoms with Gasteiger partial charge in [0.25, 0.3) is 0 Å². The summed E-state index contributed by atoms with van der Waals surface area (Å²) in [5, 5.41) is 0. The lowest BCUT2D eigenvalue weighted by molar-refractivity contribution is 0.0850. The third-order valence-corrected chi connectivity index (χ3v) is 4.35. The molecule has 0 N–H and O–H groups in total. The second-order valence-electron chi connectivity index (χ2n) is 6.51. The summed E-state index contributed by atoms with van der Waals surface area (Å²) in [6, 6.07) is 15.3. The Bertz CT molecular complexity index is 686. The average Bonchev–Trinajstić information content (AvgIpc) is 2.46. The zero-order valence-corrected chi connectivity index (χ0v) is 14.1. The highest BCUT2D eigenvalue weighted by atomic mass is 28.4. The van der Waals surface area contributed by atoms with E-state index in [2.05, 4.69) is 19.6 Å². The lowest BCUT2D eigenvalue weighted by Gasteiger charge is -2.26. The molecule has 3 rings (SSSR count). The van der Waals surface area contributed by atoms with Gasteiger partial charge in [-0.1, -0.05) is 24.3 Å². The average molecular weight is 312 g/mol. The van der Waals surface area contributed by atoms with Gasteiger partial charge in [0, 0.05) is 0 Å². The molecule has 114 valence electrons. The molecule has 22 heavy (non-hydrogen) atoms. The maximum Gasteiger partial charge on any atom is 0.242 e. The molecule has 1 heterocycles. The van der Waals surface area contributed by atoms with Crippen molar-refractivity contribution < 1.29 is 14.0 Å². The van der Waals surface area contributed by atoms with Crippen LogP contribution in [0.1, 0.15) is 28.4 Å². The highest BCUT2D eigenvalue weighted by molar-refractivity contribution is 6.70. The number of ketones is 1. The molecule has 0 bridgehead atoms. The molecule has 1 atom stereocenters. The third kappa shape index (κ3) is 3.22. The molecular formula is C18H20O3Si.